The van der Waals surface area contributed by atoms with E-state index in [-0.39, 0.29) is 0 Å². The van der Waals surface area contributed by atoms with Gasteiger partial charge < -0.3 is 4.57 Å². The Morgan fingerprint density at radius 3 is 1.67 bits per heavy atom. The highest BCUT2D eigenvalue weighted by Crippen LogP contribution is 2.45. The van der Waals surface area contributed by atoms with Crippen LogP contribution in [0.5, 0.6) is 0 Å². The van der Waals surface area contributed by atoms with Crippen molar-refractivity contribution in [2.24, 2.45) is 0 Å². The number of aromatic nitrogens is 3. The van der Waals surface area contributed by atoms with E-state index in [0.717, 1.165) is 39.3 Å². The van der Waals surface area contributed by atoms with Crippen molar-refractivity contribution < 1.29 is 0 Å². The van der Waals surface area contributed by atoms with E-state index in [1.54, 1.807) is 0 Å². The van der Waals surface area contributed by atoms with Crippen LogP contribution >= 0.6 is 0 Å². The number of rotatable bonds is 4. The first-order chi connectivity index (χ1) is 24.3. The summed E-state index contributed by atoms with van der Waals surface area (Å²) in [5, 5.41) is 10.0. The fourth-order valence-electron chi connectivity index (χ4n) is 7.56. The van der Waals surface area contributed by atoms with E-state index in [4.69, 9.17) is 9.97 Å². The first kappa shape index (κ1) is 27.5. The van der Waals surface area contributed by atoms with Crippen LogP contribution in [0.1, 0.15) is 0 Å². The molecule has 3 nitrogen and oxygen atoms in total. The summed E-state index contributed by atoms with van der Waals surface area (Å²) in [4.78, 5) is 10.2. The molecule has 10 aromatic rings. The lowest BCUT2D eigenvalue weighted by Gasteiger charge is -2.14. The molecule has 0 saturated heterocycles. The van der Waals surface area contributed by atoms with Gasteiger partial charge in [-0.3, -0.25) is 0 Å². The number of fused-ring (bicyclic) bond motifs is 10. The lowest BCUT2D eigenvalue weighted by atomic mass is 9.93. The minimum Gasteiger partial charge on any atom is -0.309 e. The predicted octanol–water partition coefficient (Wildman–Crippen LogP) is 12.0. The molecule has 10 rings (SSSR count). The van der Waals surface area contributed by atoms with Crippen molar-refractivity contribution in [1.29, 1.82) is 0 Å². The number of hydrogen-bond donors (Lipinski definition) is 0. The predicted molar refractivity (Wildman–Crippen MR) is 205 cm³/mol. The normalized spacial score (nSPS) is 11.7. The summed E-state index contributed by atoms with van der Waals surface area (Å²) in [6.07, 6.45) is 0. The van der Waals surface area contributed by atoms with Gasteiger partial charge in [0.25, 0.3) is 0 Å². The topological polar surface area (TPSA) is 30.7 Å². The number of hydrogen-bond acceptors (Lipinski definition) is 2. The molecule has 0 spiro atoms. The SMILES string of the molecule is c1ccc(-c2cc(-c3ccc4c5c6ccccc6c6ccc7ccccc7c6c5n(-c5ccccc5)c4c3)nc(-c3ccccc3)n2)cc1. The summed E-state index contributed by atoms with van der Waals surface area (Å²) in [5.41, 5.74) is 8.38. The molecule has 8 aromatic carbocycles. The van der Waals surface area contributed by atoms with E-state index in [0.29, 0.717) is 5.82 Å². The largest absolute Gasteiger partial charge is 0.309 e. The van der Waals surface area contributed by atoms with E-state index in [1.165, 1.54) is 48.6 Å². The highest BCUT2D eigenvalue weighted by Gasteiger charge is 2.21. The Morgan fingerprint density at radius 1 is 0.367 bits per heavy atom. The van der Waals surface area contributed by atoms with E-state index in [2.05, 4.69) is 156 Å². The molecular formula is C46H29N3. The maximum absolute atomic E-state index is 5.18. The molecule has 2 heterocycles. The molecule has 228 valence electrons. The van der Waals surface area contributed by atoms with Crippen molar-refractivity contribution in [1.82, 2.24) is 14.5 Å². The van der Waals surface area contributed by atoms with Gasteiger partial charge in [-0.25, -0.2) is 9.97 Å². The van der Waals surface area contributed by atoms with Gasteiger partial charge in [-0.2, -0.15) is 0 Å². The van der Waals surface area contributed by atoms with Gasteiger partial charge in [0.2, 0.25) is 0 Å². The maximum atomic E-state index is 5.18. The first-order valence-corrected chi connectivity index (χ1v) is 16.7. The molecule has 0 N–H and O–H groups in total. The minimum absolute atomic E-state index is 0.712. The van der Waals surface area contributed by atoms with Crippen LogP contribution in [0.25, 0.3) is 93.7 Å². The van der Waals surface area contributed by atoms with Gasteiger partial charge in [-0.1, -0.05) is 152 Å². The third-order valence-corrected chi connectivity index (χ3v) is 9.76. The van der Waals surface area contributed by atoms with E-state index >= 15 is 0 Å². The van der Waals surface area contributed by atoms with Crippen LogP contribution in [0, 0.1) is 0 Å². The van der Waals surface area contributed by atoms with Gasteiger partial charge >= 0.3 is 0 Å². The Kier molecular flexibility index (Phi) is 6.18. The smallest absolute Gasteiger partial charge is 0.160 e. The zero-order valence-corrected chi connectivity index (χ0v) is 26.6. The molecule has 49 heavy (non-hydrogen) atoms. The van der Waals surface area contributed by atoms with E-state index < -0.39 is 0 Å². The summed E-state index contributed by atoms with van der Waals surface area (Å²) >= 11 is 0. The number of para-hydroxylation sites is 1. The van der Waals surface area contributed by atoms with Gasteiger partial charge in [0.05, 0.1) is 22.4 Å². The summed E-state index contributed by atoms with van der Waals surface area (Å²) in [5.74, 6) is 0.712. The zero-order valence-electron chi connectivity index (χ0n) is 26.6. The molecule has 0 radical (unpaired) electrons. The van der Waals surface area contributed by atoms with Gasteiger partial charge in [-0.15, -0.1) is 0 Å². The average molecular weight is 624 g/mol. The monoisotopic (exact) mass is 623 g/mol. The lowest BCUT2D eigenvalue weighted by molar-refractivity contribution is 1.17. The molecule has 3 heteroatoms. The van der Waals surface area contributed by atoms with Crippen LogP contribution in [-0.4, -0.2) is 14.5 Å². The van der Waals surface area contributed by atoms with Crippen molar-refractivity contribution in [3.63, 3.8) is 0 Å². The summed E-state index contributed by atoms with van der Waals surface area (Å²) in [6.45, 7) is 0. The lowest BCUT2D eigenvalue weighted by Crippen LogP contribution is -1.97. The third kappa shape index (κ3) is 4.37. The van der Waals surface area contributed by atoms with Crippen molar-refractivity contribution in [3.8, 4) is 39.6 Å². The van der Waals surface area contributed by atoms with Gasteiger partial charge in [0, 0.05) is 38.5 Å². The number of benzene rings is 8. The molecule has 0 aliphatic carbocycles. The quantitative estimate of drug-likeness (QED) is 0.183. The fourth-order valence-corrected chi connectivity index (χ4v) is 7.56. The highest BCUT2D eigenvalue weighted by atomic mass is 15.0. The van der Waals surface area contributed by atoms with Crippen molar-refractivity contribution in [2.75, 3.05) is 0 Å². The second-order valence-corrected chi connectivity index (χ2v) is 12.6. The van der Waals surface area contributed by atoms with Gasteiger partial charge in [0.15, 0.2) is 5.82 Å². The Bertz CT molecular complexity index is 2800. The molecule has 0 bridgehead atoms. The number of nitrogens with zero attached hydrogens (tertiary/aromatic N) is 3. The first-order valence-electron chi connectivity index (χ1n) is 16.7. The van der Waals surface area contributed by atoms with Crippen molar-refractivity contribution >= 4 is 54.1 Å². The molecule has 0 aliphatic rings. The summed E-state index contributed by atoms with van der Waals surface area (Å²) in [6, 6.07) is 62.5. The van der Waals surface area contributed by atoms with E-state index in [1.807, 2.05) is 24.3 Å². The third-order valence-electron chi connectivity index (χ3n) is 9.76. The molecule has 0 amide bonds. The summed E-state index contributed by atoms with van der Waals surface area (Å²) < 4.78 is 2.47. The fraction of sp³-hybridized carbons (Fsp3) is 0. The van der Waals surface area contributed by atoms with Crippen LogP contribution in [0.4, 0.5) is 0 Å². The van der Waals surface area contributed by atoms with Crippen molar-refractivity contribution in [3.05, 3.63) is 176 Å². The second kappa shape index (κ2) is 11.0. The van der Waals surface area contributed by atoms with Crippen LogP contribution < -0.4 is 0 Å². The zero-order chi connectivity index (χ0) is 32.3. The maximum Gasteiger partial charge on any atom is 0.160 e. The standard InChI is InChI=1S/C46H29N3/c1-4-15-31(16-5-1)40-29-41(48-46(47-40)32-17-6-2-7-18-32)33-25-27-39-42(28-33)49(34-19-8-3-9-20-34)45-43-35-21-11-10-14-30(35)24-26-38(43)36-22-12-13-23-37(36)44(39)45/h1-29H. The molecule has 0 unspecified atom stereocenters. The molecule has 2 aromatic heterocycles. The van der Waals surface area contributed by atoms with E-state index in [9.17, 15) is 0 Å². The Labute approximate surface area is 283 Å². The van der Waals surface area contributed by atoms with Crippen LogP contribution in [0.2, 0.25) is 0 Å². The Hall–Kier alpha value is -6.58. The summed E-state index contributed by atoms with van der Waals surface area (Å²) in [7, 11) is 0. The van der Waals surface area contributed by atoms with Crippen LogP contribution in [0.15, 0.2) is 176 Å². The van der Waals surface area contributed by atoms with Gasteiger partial charge in [-0.05, 0) is 51.2 Å². The van der Waals surface area contributed by atoms with Gasteiger partial charge in [0.1, 0.15) is 0 Å². The Balaban J connectivity index is 1.35. The molecular weight excluding hydrogens is 595 g/mol. The Morgan fingerprint density at radius 2 is 0.918 bits per heavy atom. The molecule has 0 aliphatic heterocycles. The minimum atomic E-state index is 0.712. The average Bonchev–Trinajstić information content (AvgIpc) is 3.53. The molecule has 0 saturated carbocycles. The molecule has 0 atom stereocenters. The van der Waals surface area contributed by atoms with Crippen LogP contribution in [0.3, 0.4) is 0 Å². The van der Waals surface area contributed by atoms with Crippen LogP contribution in [-0.2, 0) is 0 Å². The highest BCUT2D eigenvalue weighted by molar-refractivity contribution is 6.36. The molecule has 0 fully saturated rings. The van der Waals surface area contributed by atoms with Crippen molar-refractivity contribution in [2.45, 2.75) is 0 Å². The second-order valence-electron chi connectivity index (χ2n) is 12.6.